The van der Waals surface area contributed by atoms with Crippen LogP contribution in [-0.2, 0) is 18.4 Å². The second-order valence-electron chi connectivity index (χ2n) is 10.2. The number of ether oxygens (including phenoxy) is 1. The quantitative estimate of drug-likeness (QED) is 0.255. The summed E-state index contributed by atoms with van der Waals surface area (Å²) in [6.07, 6.45) is 0.709. The Morgan fingerprint density at radius 3 is 2.15 bits per heavy atom. The van der Waals surface area contributed by atoms with E-state index in [2.05, 4.69) is 83.1 Å². The molecule has 0 bridgehead atoms. The van der Waals surface area contributed by atoms with Crippen LogP contribution in [0, 0.1) is 0 Å². The number of nitrogens with zero attached hydrogens (tertiary/aromatic N) is 1. The highest BCUT2D eigenvalue weighted by Gasteiger charge is 2.24. The van der Waals surface area contributed by atoms with Gasteiger partial charge in [-0.15, -0.1) is 0 Å². The lowest BCUT2D eigenvalue weighted by molar-refractivity contribution is -0.937. The summed E-state index contributed by atoms with van der Waals surface area (Å²) in [5.41, 5.74) is 4.93. The second kappa shape index (κ2) is 11.6. The van der Waals surface area contributed by atoms with Crippen molar-refractivity contribution in [3.8, 4) is 5.75 Å². The minimum atomic E-state index is 0.0587. The Balaban J connectivity index is 1.81. The molecular weight excluding hydrogens is 461 g/mol. The van der Waals surface area contributed by atoms with Crippen molar-refractivity contribution in [2.24, 2.45) is 0 Å². The lowest BCUT2D eigenvalue weighted by Gasteiger charge is -2.37. The van der Waals surface area contributed by atoms with Crippen LogP contribution in [0.2, 0.25) is 10.0 Å². The first-order chi connectivity index (χ1) is 16.2. The van der Waals surface area contributed by atoms with Crippen LogP contribution < -0.4 is 4.74 Å². The molecule has 0 aromatic heterocycles. The summed E-state index contributed by atoms with van der Waals surface area (Å²) >= 11 is 12.6. The Morgan fingerprint density at radius 1 is 0.824 bits per heavy atom. The molecule has 0 saturated carbocycles. The summed E-state index contributed by atoms with van der Waals surface area (Å²) < 4.78 is 7.46. The van der Waals surface area contributed by atoms with E-state index in [1.807, 2.05) is 18.2 Å². The summed E-state index contributed by atoms with van der Waals surface area (Å²) in [4.78, 5) is 0. The summed E-state index contributed by atoms with van der Waals surface area (Å²) in [7, 11) is 0. The average Bonchev–Trinajstić information content (AvgIpc) is 2.81. The molecule has 0 amide bonds. The van der Waals surface area contributed by atoms with Gasteiger partial charge in [-0.3, -0.25) is 0 Å². The fourth-order valence-electron chi connectivity index (χ4n) is 4.36. The number of hydrogen-bond donors (Lipinski definition) is 0. The highest BCUT2D eigenvalue weighted by Crippen LogP contribution is 2.32. The van der Waals surface area contributed by atoms with Crippen molar-refractivity contribution < 1.29 is 9.22 Å². The van der Waals surface area contributed by atoms with Crippen molar-refractivity contribution in [1.82, 2.24) is 0 Å². The van der Waals surface area contributed by atoms with E-state index in [-0.39, 0.29) is 5.41 Å². The maximum Gasteiger partial charge on any atom is 0.137 e. The van der Waals surface area contributed by atoms with Crippen molar-refractivity contribution in [2.45, 2.75) is 53.0 Å². The van der Waals surface area contributed by atoms with E-state index in [0.29, 0.717) is 23.1 Å². The summed E-state index contributed by atoms with van der Waals surface area (Å²) in [6, 6.07) is 23.1. The molecule has 4 heteroatoms. The zero-order valence-electron chi connectivity index (χ0n) is 21.2. The van der Waals surface area contributed by atoms with Gasteiger partial charge in [0.05, 0.1) is 13.1 Å². The predicted octanol–water partition coefficient (Wildman–Crippen LogP) is 8.32. The van der Waals surface area contributed by atoms with Crippen LogP contribution in [0.3, 0.4) is 0 Å². The lowest BCUT2D eigenvalue weighted by Crippen LogP contribution is -2.49. The lowest BCUT2D eigenvalue weighted by atomic mass is 9.85. The average molecular weight is 500 g/mol. The smallest absolute Gasteiger partial charge is 0.137 e. The molecule has 0 fully saturated rings. The third kappa shape index (κ3) is 7.01. The van der Waals surface area contributed by atoms with Gasteiger partial charge in [0.1, 0.15) is 25.4 Å². The number of hydrogen-bond acceptors (Lipinski definition) is 1. The Kier molecular flexibility index (Phi) is 9.09. The van der Waals surface area contributed by atoms with Gasteiger partial charge in [-0.1, -0.05) is 92.5 Å². The highest BCUT2D eigenvalue weighted by molar-refractivity contribution is 6.35. The maximum atomic E-state index is 6.51. The molecule has 0 aliphatic heterocycles. The van der Waals surface area contributed by atoms with Crippen molar-refractivity contribution in [1.29, 1.82) is 0 Å². The summed E-state index contributed by atoms with van der Waals surface area (Å²) in [5, 5.41) is 1.34. The molecule has 3 aromatic rings. The first kappa shape index (κ1) is 26.6. The Hall–Kier alpha value is -2.00. The molecule has 3 rings (SSSR count). The third-order valence-corrected chi connectivity index (χ3v) is 7.44. The molecule has 0 unspecified atom stereocenters. The minimum absolute atomic E-state index is 0.0587. The molecule has 0 spiro atoms. The zero-order chi connectivity index (χ0) is 24.8. The number of halogens is 2. The van der Waals surface area contributed by atoms with Gasteiger partial charge < -0.3 is 9.22 Å². The molecule has 0 heterocycles. The molecule has 0 radical (unpaired) electrons. The van der Waals surface area contributed by atoms with Crippen LogP contribution >= 0.6 is 23.2 Å². The van der Waals surface area contributed by atoms with E-state index in [4.69, 9.17) is 27.9 Å². The minimum Gasteiger partial charge on any atom is -0.487 e. The Bertz CT molecular complexity index is 1070. The van der Waals surface area contributed by atoms with Crippen molar-refractivity contribution >= 4 is 23.2 Å². The van der Waals surface area contributed by atoms with Crippen LogP contribution in [0.1, 0.15) is 56.9 Å². The first-order valence-corrected chi connectivity index (χ1v) is 13.0. The van der Waals surface area contributed by atoms with Gasteiger partial charge in [-0.05, 0) is 54.2 Å². The molecule has 0 aliphatic rings. The van der Waals surface area contributed by atoms with E-state index in [1.54, 1.807) is 0 Å². The summed E-state index contributed by atoms with van der Waals surface area (Å²) in [6.45, 7) is 16.1. The molecular formula is C30H38Cl2NO+. The molecule has 34 heavy (non-hydrogen) atoms. The Morgan fingerprint density at radius 2 is 1.53 bits per heavy atom. The van der Waals surface area contributed by atoms with Gasteiger partial charge in [-0.2, -0.15) is 0 Å². The fourth-order valence-corrected chi connectivity index (χ4v) is 4.83. The van der Waals surface area contributed by atoms with Crippen LogP contribution in [0.4, 0.5) is 0 Å². The molecule has 0 aliphatic carbocycles. The highest BCUT2D eigenvalue weighted by atomic mass is 35.5. The normalized spacial score (nSPS) is 12.1. The van der Waals surface area contributed by atoms with Gasteiger partial charge in [0, 0.05) is 22.0 Å². The van der Waals surface area contributed by atoms with Crippen molar-refractivity contribution in [2.75, 3.05) is 26.2 Å². The van der Waals surface area contributed by atoms with E-state index < -0.39 is 0 Å². The first-order valence-electron chi connectivity index (χ1n) is 12.2. The van der Waals surface area contributed by atoms with E-state index in [0.717, 1.165) is 47.5 Å². The molecule has 0 saturated heterocycles. The molecule has 0 atom stereocenters. The number of likely N-dealkylation sites (N-methyl/N-ethyl adjacent to an activating group) is 1. The van der Waals surface area contributed by atoms with Crippen LogP contribution in [-0.4, -0.2) is 30.7 Å². The predicted molar refractivity (Wildman–Crippen MR) is 146 cm³/mol. The van der Waals surface area contributed by atoms with Crippen LogP contribution in [0.25, 0.3) is 0 Å². The topological polar surface area (TPSA) is 9.23 Å². The van der Waals surface area contributed by atoms with Gasteiger partial charge in [0.25, 0.3) is 0 Å². The number of benzene rings is 3. The monoisotopic (exact) mass is 498 g/mol. The van der Waals surface area contributed by atoms with Crippen LogP contribution in [0.5, 0.6) is 5.75 Å². The van der Waals surface area contributed by atoms with Gasteiger partial charge in [0.15, 0.2) is 0 Å². The van der Waals surface area contributed by atoms with Crippen molar-refractivity contribution in [3.63, 3.8) is 0 Å². The number of rotatable bonds is 10. The Labute approximate surface area is 216 Å². The third-order valence-electron chi connectivity index (χ3n) is 6.85. The fraction of sp³-hybridized carbons (Fsp3) is 0.400. The standard InChI is InChI=1S/C30H38Cl2NO/c1-6-33(7-2,22-23-11-9-8-10-12-23)17-18-34-29-16-14-26(30(3,4)5)20-25(29)19-24-13-15-27(31)21-28(24)32/h8-16,20-21H,6-7,17-19,22H2,1-5H3/q+1. The van der Waals surface area contributed by atoms with E-state index >= 15 is 0 Å². The van der Waals surface area contributed by atoms with E-state index in [9.17, 15) is 0 Å². The van der Waals surface area contributed by atoms with Crippen molar-refractivity contribution in [3.05, 3.63) is 99.0 Å². The SMILES string of the molecule is CC[N+](CC)(CCOc1ccc(C(C)(C)C)cc1Cc1ccc(Cl)cc1Cl)Cc1ccccc1. The van der Waals surface area contributed by atoms with Gasteiger partial charge in [-0.25, -0.2) is 0 Å². The number of quaternary nitrogens is 1. The molecule has 3 aromatic carbocycles. The molecule has 0 N–H and O–H groups in total. The summed E-state index contributed by atoms with van der Waals surface area (Å²) in [5.74, 6) is 0.934. The zero-order valence-corrected chi connectivity index (χ0v) is 22.7. The van der Waals surface area contributed by atoms with Crippen LogP contribution in [0.15, 0.2) is 66.7 Å². The largest absolute Gasteiger partial charge is 0.487 e. The molecule has 182 valence electrons. The van der Waals surface area contributed by atoms with E-state index in [1.165, 1.54) is 11.1 Å². The molecule has 2 nitrogen and oxygen atoms in total. The second-order valence-corrected chi connectivity index (χ2v) is 11.0. The van der Waals surface area contributed by atoms with Gasteiger partial charge in [0.2, 0.25) is 0 Å². The van der Waals surface area contributed by atoms with Gasteiger partial charge >= 0.3 is 0 Å². The maximum absolute atomic E-state index is 6.51.